The van der Waals surface area contributed by atoms with Gasteiger partial charge in [0, 0.05) is 41.6 Å². The van der Waals surface area contributed by atoms with Crippen molar-refractivity contribution in [2.24, 2.45) is 4.99 Å². The molecule has 1 aliphatic rings. The van der Waals surface area contributed by atoms with Crippen LogP contribution >= 0.6 is 0 Å². The molecule has 0 spiro atoms. The number of nitrogens with zero attached hydrogens (tertiary/aromatic N) is 2. The topological polar surface area (TPSA) is 41.0 Å². The fraction of sp³-hybridized carbons (Fsp3) is 0. The van der Waals surface area contributed by atoms with Gasteiger partial charge < -0.3 is 4.98 Å². The molecule has 3 nitrogen and oxygen atoms in total. The second-order valence-corrected chi connectivity index (χ2v) is 3.72. The first kappa shape index (κ1) is 9.78. The van der Waals surface area contributed by atoms with Crippen LogP contribution in [0.3, 0.4) is 0 Å². The van der Waals surface area contributed by atoms with E-state index in [-0.39, 0.29) is 0 Å². The lowest BCUT2D eigenvalue weighted by Gasteiger charge is -2.07. The number of rotatable bonds is 2. The summed E-state index contributed by atoms with van der Waals surface area (Å²) >= 11 is 0. The maximum atomic E-state index is 4.36. The minimum absolute atomic E-state index is 0.959. The predicted octanol–water partition coefficient (Wildman–Crippen LogP) is 2.81. The van der Waals surface area contributed by atoms with Crippen molar-refractivity contribution in [1.82, 2.24) is 9.97 Å². The van der Waals surface area contributed by atoms with Crippen LogP contribution < -0.4 is 0 Å². The van der Waals surface area contributed by atoms with Gasteiger partial charge in [-0.25, -0.2) is 0 Å². The molecule has 1 aliphatic heterocycles. The molecule has 82 valence electrons. The molecule has 1 N–H and O–H groups in total. The lowest BCUT2D eigenvalue weighted by atomic mass is 10.0. The molecule has 3 rings (SSSR count). The van der Waals surface area contributed by atoms with Crippen molar-refractivity contribution in [2.75, 3.05) is 0 Å². The minimum atomic E-state index is 0.959. The van der Waals surface area contributed by atoms with E-state index in [9.17, 15) is 0 Å². The zero-order valence-electron chi connectivity index (χ0n) is 9.17. The molecule has 0 saturated carbocycles. The number of H-pyrrole nitrogens is 1. The molecule has 0 saturated heterocycles. The number of hydrogen-bond donors (Lipinski definition) is 1. The first-order chi connectivity index (χ1) is 8.45. The van der Waals surface area contributed by atoms with Gasteiger partial charge in [-0.15, -0.1) is 0 Å². The zero-order chi connectivity index (χ0) is 11.5. The van der Waals surface area contributed by atoms with Gasteiger partial charge in [0.2, 0.25) is 0 Å². The SMILES string of the molecule is C1=C/C(=C(\c2cccnc2)c2ccc[nH]2)N=C1. The number of aromatic nitrogens is 2. The van der Waals surface area contributed by atoms with E-state index in [2.05, 4.69) is 15.0 Å². The van der Waals surface area contributed by atoms with Crippen LogP contribution in [0.25, 0.3) is 5.57 Å². The average molecular weight is 221 g/mol. The van der Waals surface area contributed by atoms with Gasteiger partial charge in [-0.05, 0) is 30.4 Å². The maximum absolute atomic E-state index is 4.36. The van der Waals surface area contributed by atoms with Crippen molar-refractivity contribution >= 4 is 11.8 Å². The van der Waals surface area contributed by atoms with Crippen LogP contribution in [0.4, 0.5) is 0 Å². The van der Waals surface area contributed by atoms with Gasteiger partial charge in [-0.3, -0.25) is 9.98 Å². The highest BCUT2D eigenvalue weighted by Gasteiger charge is 2.11. The van der Waals surface area contributed by atoms with Crippen molar-refractivity contribution in [3.05, 3.63) is 72.0 Å². The molecule has 3 heterocycles. The van der Waals surface area contributed by atoms with Gasteiger partial charge >= 0.3 is 0 Å². The van der Waals surface area contributed by atoms with Crippen LogP contribution in [0.2, 0.25) is 0 Å². The predicted molar refractivity (Wildman–Crippen MR) is 68.7 cm³/mol. The Labute approximate surface area is 99.3 Å². The Morgan fingerprint density at radius 1 is 1.18 bits per heavy atom. The quantitative estimate of drug-likeness (QED) is 0.832. The van der Waals surface area contributed by atoms with E-state index < -0.39 is 0 Å². The van der Waals surface area contributed by atoms with Crippen LogP contribution in [0.15, 0.2) is 65.7 Å². The molecule has 0 radical (unpaired) electrons. The summed E-state index contributed by atoms with van der Waals surface area (Å²) < 4.78 is 0. The van der Waals surface area contributed by atoms with Gasteiger partial charge in [0.05, 0.1) is 5.70 Å². The van der Waals surface area contributed by atoms with E-state index in [1.165, 1.54) is 0 Å². The van der Waals surface area contributed by atoms with Crippen LogP contribution in [0, 0.1) is 0 Å². The summed E-state index contributed by atoms with van der Waals surface area (Å²) in [6, 6.07) is 7.99. The summed E-state index contributed by atoms with van der Waals surface area (Å²) in [7, 11) is 0. The van der Waals surface area contributed by atoms with E-state index in [0.29, 0.717) is 0 Å². The van der Waals surface area contributed by atoms with E-state index >= 15 is 0 Å². The Hall–Kier alpha value is -2.42. The first-order valence-electron chi connectivity index (χ1n) is 5.44. The molecule has 2 aromatic rings. The average Bonchev–Trinajstić information content (AvgIpc) is 3.04. The molecule has 0 aliphatic carbocycles. The van der Waals surface area contributed by atoms with E-state index in [1.807, 2.05) is 48.8 Å². The van der Waals surface area contributed by atoms with E-state index in [0.717, 1.165) is 22.5 Å². The van der Waals surface area contributed by atoms with Gasteiger partial charge in [0.25, 0.3) is 0 Å². The highest BCUT2D eigenvalue weighted by atomic mass is 14.8. The fourth-order valence-electron chi connectivity index (χ4n) is 1.89. The number of allylic oxidation sites excluding steroid dienone is 2. The summed E-state index contributed by atoms with van der Waals surface area (Å²) in [5.74, 6) is 0. The molecule has 3 heteroatoms. The Bertz CT molecular complexity index is 576. The van der Waals surface area contributed by atoms with Crippen molar-refractivity contribution in [2.45, 2.75) is 0 Å². The number of pyridine rings is 1. The highest BCUT2D eigenvalue weighted by molar-refractivity contribution is 5.87. The highest BCUT2D eigenvalue weighted by Crippen LogP contribution is 2.27. The summed E-state index contributed by atoms with van der Waals surface area (Å²) in [6.45, 7) is 0. The first-order valence-corrected chi connectivity index (χ1v) is 5.44. The van der Waals surface area contributed by atoms with Crippen LogP contribution in [-0.4, -0.2) is 16.2 Å². The van der Waals surface area contributed by atoms with E-state index in [4.69, 9.17) is 0 Å². The van der Waals surface area contributed by atoms with Gasteiger partial charge in [-0.2, -0.15) is 0 Å². The van der Waals surface area contributed by atoms with Gasteiger partial charge in [0.15, 0.2) is 0 Å². The Balaban J connectivity index is 2.20. The van der Waals surface area contributed by atoms with Crippen molar-refractivity contribution in [1.29, 1.82) is 0 Å². The normalized spacial score (nSPS) is 16.5. The molecule has 0 bridgehead atoms. The minimum Gasteiger partial charge on any atom is -0.361 e. The smallest absolute Gasteiger partial charge is 0.0730 e. The Kier molecular flexibility index (Phi) is 2.43. The molecule has 2 aromatic heterocycles. The van der Waals surface area contributed by atoms with Gasteiger partial charge in [-0.1, -0.05) is 6.07 Å². The number of hydrogen-bond acceptors (Lipinski definition) is 2. The van der Waals surface area contributed by atoms with Crippen LogP contribution in [0.1, 0.15) is 11.3 Å². The lowest BCUT2D eigenvalue weighted by Crippen LogP contribution is -1.92. The number of aliphatic imine (C=N–C) groups is 1. The molecule has 0 atom stereocenters. The maximum Gasteiger partial charge on any atom is 0.0730 e. The van der Waals surface area contributed by atoms with Crippen molar-refractivity contribution < 1.29 is 0 Å². The van der Waals surface area contributed by atoms with Crippen molar-refractivity contribution in [3.8, 4) is 0 Å². The molecule has 0 unspecified atom stereocenters. The summed E-state index contributed by atoms with van der Waals surface area (Å²) in [5.41, 5.74) is 4.15. The third-order valence-electron chi connectivity index (χ3n) is 2.63. The molecule has 0 aromatic carbocycles. The molecular weight excluding hydrogens is 210 g/mol. The number of nitrogens with one attached hydrogen (secondary N) is 1. The standard InChI is InChI=1S/C14H11N3/c1-4-11(10-15-7-1)14(12-5-2-8-16-12)13-6-3-9-17-13/h1-10,16H/b14-13-. The largest absolute Gasteiger partial charge is 0.361 e. The Morgan fingerprint density at radius 3 is 2.82 bits per heavy atom. The zero-order valence-corrected chi connectivity index (χ0v) is 9.17. The summed E-state index contributed by atoms with van der Waals surface area (Å²) in [5, 5.41) is 0. The molecule has 0 fully saturated rings. The van der Waals surface area contributed by atoms with Crippen LogP contribution in [-0.2, 0) is 0 Å². The monoisotopic (exact) mass is 221 g/mol. The molecule has 0 amide bonds. The third kappa shape index (κ3) is 1.83. The Morgan fingerprint density at radius 2 is 2.18 bits per heavy atom. The second-order valence-electron chi connectivity index (χ2n) is 3.72. The molecule has 17 heavy (non-hydrogen) atoms. The second kappa shape index (κ2) is 4.22. The summed E-state index contributed by atoms with van der Waals surface area (Å²) in [6.07, 6.45) is 11.3. The van der Waals surface area contributed by atoms with Crippen LogP contribution in [0.5, 0.6) is 0 Å². The number of aromatic amines is 1. The van der Waals surface area contributed by atoms with Crippen molar-refractivity contribution in [3.63, 3.8) is 0 Å². The molecular formula is C14H11N3. The van der Waals surface area contributed by atoms with Gasteiger partial charge in [0.1, 0.15) is 0 Å². The fourth-order valence-corrected chi connectivity index (χ4v) is 1.89. The summed E-state index contributed by atoms with van der Waals surface area (Å²) in [4.78, 5) is 11.7. The third-order valence-corrected chi connectivity index (χ3v) is 2.63. The van der Waals surface area contributed by atoms with E-state index in [1.54, 1.807) is 12.4 Å². The lowest BCUT2D eigenvalue weighted by molar-refractivity contribution is 1.27.